The van der Waals surface area contributed by atoms with Crippen LogP contribution in [0.2, 0.25) is 0 Å². The molecule has 0 spiro atoms. The van der Waals surface area contributed by atoms with Gasteiger partial charge in [0.15, 0.2) is 5.52 Å². The SMILES string of the molecule is O=C(O)c1snc2c([N+](=O)[O-])cccc12. The topological polar surface area (TPSA) is 93.3 Å². The van der Waals surface area contributed by atoms with Crippen LogP contribution in [-0.4, -0.2) is 20.4 Å². The Morgan fingerprint density at radius 1 is 1.53 bits per heavy atom. The van der Waals surface area contributed by atoms with E-state index in [2.05, 4.69) is 4.37 Å². The standard InChI is InChI=1S/C8H4N2O4S/c11-8(12)7-4-2-1-3-5(10(13)14)6(4)9-15-7/h1-3H,(H,11,12). The smallest absolute Gasteiger partial charge is 0.348 e. The molecule has 1 N–H and O–H groups in total. The van der Waals surface area contributed by atoms with Crippen LogP contribution in [0.1, 0.15) is 9.67 Å². The van der Waals surface area contributed by atoms with Crippen molar-refractivity contribution in [3.05, 3.63) is 33.2 Å². The summed E-state index contributed by atoms with van der Waals surface area (Å²) >= 11 is 0.749. The number of benzene rings is 1. The second kappa shape index (κ2) is 3.28. The van der Waals surface area contributed by atoms with Gasteiger partial charge in [-0.05, 0) is 11.5 Å². The third-order valence-electron chi connectivity index (χ3n) is 1.88. The van der Waals surface area contributed by atoms with Crippen molar-refractivity contribution >= 4 is 34.1 Å². The molecule has 0 saturated carbocycles. The van der Waals surface area contributed by atoms with E-state index in [0.29, 0.717) is 5.39 Å². The first-order valence-electron chi connectivity index (χ1n) is 3.87. The van der Waals surface area contributed by atoms with Crippen molar-refractivity contribution in [2.45, 2.75) is 0 Å². The number of aromatic nitrogens is 1. The number of non-ortho nitro benzene ring substituents is 1. The van der Waals surface area contributed by atoms with Crippen LogP contribution < -0.4 is 0 Å². The number of aromatic carboxylic acids is 1. The molecule has 0 aliphatic carbocycles. The van der Waals surface area contributed by atoms with Crippen LogP contribution in [0.25, 0.3) is 10.9 Å². The summed E-state index contributed by atoms with van der Waals surface area (Å²) in [5.41, 5.74) is -0.0406. The normalized spacial score (nSPS) is 10.4. The first kappa shape index (κ1) is 9.53. The van der Waals surface area contributed by atoms with E-state index in [0.717, 1.165) is 11.5 Å². The van der Waals surface area contributed by atoms with Gasteiger partial charge in [0.2, 0.25) is 0 Å². The maximum Gasteiger partial charge on any atom is 0.348 e. The van der Waals surface area contributed by atoms with E-state index >= 15 is 0 Å². The molecule has 0 aliphatic rings. The van der Waals surface area contributed by atoms with Crippen molar-refractivity contribution in [2.24, 2.45) is 0 Å². The number of carboxylic acid groups (broad SMARTS) is 1. The number of nitrogens with zero attached hydrogens (tertiary/aromatic N) is 2. The molecule has 0 saturated heterocycles. The predicted molar refractivity (Wildman–Crippen MR) is 53.2 cm³/mol. The van der Waals surface area contributed by atoms with Gasteiger partial charge in [0.25, 0.3) is 5.69 Å². The molecule has 15 heavy (non-hydrogen) atoms. The van der Waals surface area contributed by atoms with Crippen molar-refractivity contribution in [3.8, 4) is 0 Å². The van der Waals surface area contributed by atoms with Gasteiger partial charge >= 0.3 is 5.97 Å². The highest BCUT2D eigenvalue weighted by Gasteiger charge is 2.19. The summed E-state index contributed by atoms with van der Waals surface area (Å²) in [6.45, 7) is 0. The molecule has 0 aliphatic heterocycles. The molecule has 2 aromatic rings. The molecule has 1 heterocycles. The summed E-state index contributed by atoms with van der Waals surface area (Å²) in [6, 6.07) is 4.25. The zero-order chi connectivity index (χ0) is 11.0. The maximum atomic E-state index is 10.8. The second-order valence-corrected chi connectivity index (χ2v) is 3.52. The third-order valence-corrected chi connectivity index (χ3v) is 2.73. The minimum Gasteiger partial charge on any atom is -0.477 e. The van der Waals surface area contributed by atoms with E-state index < -0.39 is 10.9 Å². The molecule has 2 rings (SSSR count). The summed E-state index contributed by atoms with van der Waals surface area (Å²) in [6.07, 6.45) is 0. The van der Waals surface area contributed by atoms with Crippen molar-refractivity contribution < 1.29 is 14.8 Å². The lowest BCUT2D eigenvalue weighted by Gasteiger charge is -1.92. The molecule has 0 amide bonds. The van der Waals surface area contributed by atoms with Gasteiger partial charge in [0.05, 0.1) is 4.92 Å². The average Bonchev–Trinajstić information content (AvgIpc) is 2.59. The Morgan fingerprint density at radius 2 is 2.27 bits per heavy atom. The number of fused-ring (bicyclic) bond motifs is 1. The molecule has 6 nitrogen and oxygen atoms in total. The molecule has 0 unspecified atom stereocenters. The van der Waals surface area contributed by atoms with E-state index in [1.54, 1.807) is 0 Å². The van der Waals surface area contributed by atoms with Crippen LogP contribution in [0.3, 0.4) is 0 Å². The van der Waals surface area contributed by atoms with E-state index in [-0.39, 0.29) is 16.1 Å². The Bertz CT molecular complexity index is 563. The Kier molecular flexibility index (Phi) is 2.09. The van der Waals surface area contributed by atoms with Gasteiger partial charge in [-0.1, -0.05) is 12.1 Å². The molecule has 1 aromatic heterocycles. The molecule has 1 aromatic carbocycles. The quantitative estimate of drug-likeness (QED) is 0.621. The van der Waals surface area contributed by atoms with Gasteiger partial charge in [-0.2, -0.15) is 4.37 Å². The zero-order valence-electron chi connectivity index (χ0n) is 7.21. The molecular formula is C8H4N2O4S. The highest BCUT2D eigenvalue weighted by Crippen LogP contribution is 2.29. The van der Waals surface area contributed by atoms with Gasteiger partial charge in [0.1, 0.15) is 4.88 Å². The monoisotopic (exact) mass is 224 g/mol. The van der Waals surface area contributed by atoms with E-state index in [1.807, 2.05) is 0 Å². The van der Waals surface area contributed by atoms with Gasteiger partial charge in [-0.15, -0.1) is 0 Å². The molecule has 0 atom stereocenters. The fraction of sp³-hybridized carbons (Fsp3) is 0. The summed E-state index contributed by atoms with van der Waals surface area (Å²) in [5, 5.41) is 19.7. The summed E-state index contributed by atoms with van der Waals surface area (Å²) in [5.74, 6) is -1.12. The number of nitro groups is 1. The number of hydrogen-bond acceptors (Lipinski definition) is 5. The molecular weight excluding hydrogens is 220 g/mol. The number of hydrogen-bond donors (Lipinski definition) is 1. The first-order valence-corrected chi connectivity index (χ1v) is 4.64. The van der Waals surface area contributed by atoms with Gasteiger partial charge in [-0.25, -0.2) is 4.79 Å². The van der Waals surface area contributed by atoms with Gasteiger partial charge in [-0.3, -0.25) is 10.1 Å². The summed E-state index contributed by atoms with van der Waals surface area (Å²) in [4.78, 5) is 20.8. The molecule has 7 heteroatoms. The van der Waals surface area contributed by atoms with Crippen LogP contribution in [0.4, 0.5) is 5.69 Å². The van der Waals surface area contributed by atoms with Crippen LogP contribution in [0.5, 0.6) is 0 Å². The molecule has 0 fully saturated rings. The number of nitro benzene ring substituents is 1. The number of carbonyl (C=O) groups is 1. The number of carboxylic acids is 1. The second-order valence-electron chi connectivity index (χ2n) is 2.75. The van der Waals surface area contributed by atoms with E-state index in [1.165, 1.54) is 18.2 Å². The molecule has 76 valence electrons. The Hall–Kier alpha value is -2.02. The first-order chi connectivity index (χ1) is 7.11. The highest BCUT2D eigenvalue weighted by molar-refractivity contribution is 7.09. The third kappa shape index (κ3) is 1.42. The Labute approximate surface area is 87.1 Å². The minimum absolute atomic E-state index is 0.0219. The fourth-order valence-corrected chi connectivity index (χ4v) is 1.97. The lowest BCUT2D eigenvalue weighted by atomic mass is 10.2. The maximum absolute atomic E-state index is 10.8. The zero-order valence-corrected chi connectivity index (χ0v) is 8.02. The average molecular weight is 224 g/mol. The van der Waals surface area contributed by atoms with Gasteiger partial charge < -0.3 is 5.11 Å². The van der Waals surface area contributed by atoms with Crippen molar-refractivity contribution in [1.29, 1.82) is 0 Å². The van der Waals surface area contributed by atoms with Crippen LogP contribution in [0, 0.1) is 10.1 Å². The van der Waals surface area contributed by atoms with Crippen LogP contribution in [0.15, 0.2) is 18.2 Å². The Balaban J connectivity index is 2.80. The fourth-order valence-electron chi connectivity index (χ4n) is 1.25. The van der Waals surface area contributed by atoms with E-state index in [4.69, 9.17) is 5.11 Å². The van der Waals surface area contributed by atoms with Gasteiger partial charge in [0, 0.05) is 11.5 Å². The van der Waals surface area contributed by atoms with Crippen LogP contribution >= 0.6 is 11.5 Å². The highest BCUT2D eigenvalue weighted by atomic mass is 32.1. The van der Waals surface area contributed by atoms with Crippen molar-refractivity contribution in [2.75, 3.05) is 0 Å². The lowest BCUT2D eigenvalue weighted by Crippen LogP contribution is -1.93. The molecule has 0 bridgehead atoms. The lowest BCUT2D eigenvalue weighted by molar-refractivity contribution is -0.383. The largest absolute Gasteiger partial charge is 0.477 e. The molecule has 0 radical (unpaired) electrons. The van der Waals surface area contributed by atoms with E-state index in [9.17, 15) is 14.9 Å². The summed E-state index contributed by atoms with van der Waals surface area (Å²) in [7, 11) is 0. The summed E-state index contributed by atoms with van der Waals surface area (Å²) < 4.78 is 3.78. The van der Waals surface area contributed by atoms with Crippen molar-refractivity contribution in [1.82, 2.24) is 4.37 Å². The predicted octanol–water partition coefficient (Wildman–Crippen LogP) is 1.90. The number of rotatable bonds is 2. The Morgan fingerprint density at radius 3 is 2.87 bits per heavy atom. The van der Waals surface area contributed by atoms with Crippen LogP contribution in [-0.2, 0) is 0 Å². The van der Waals surface area contributed by atoms with Crippen molar-refractivity contribution in [3.63, 3.8) is 0 Å². The minimum atomic E-state index is -1.12.